The number of fused-ring (bicyclic) bond motifs is 9. The predicted molar refractivity (Wildman–Crippen MR) is 226 cm³/mol. The van der Waals surface area contributed by atoms with E-state index in [1.54, 1.807) is 0 Å². The Morgan fingerprint density at radius 3 is 1.55 bits per heavy atom. The summed E-state index contributed by atoms with van der Waals surface area (Å²) in [4.78, 5) is 4.03. The van der Waals surface area contributed by atoms with Crippen molar-refractivity contribution >= 4 is 71.1 Å². The first kappa shape index (κ1) is 30.7. The van der Waals surface area contributed by atoms with Crippen molar-refractivity contribution in [2.45, 2.75) is 0 Å². The van der Waals surface area contributed by atoms with Crippen molar-refractivity contribution in [3.8, 4) is 34.3 Å². The van der Waals surface area contributed by atoms with Gasteiger partial charge in [0, 0.05) is 43.7 Å². The molecule has 0 atom stereocenters. The van der Waals surface area contributed by atoms with Crippen LogP contribution in [0.3, 0.4) is 0 Å². The fourth-order valence-electron chi connectivity index (χ4n) is 8.81. The maximum absolute atomic E-state index is 10.2. The number of rotatable bonds is 4. The van der Waals surface area contributed by atoms with E-state index < -0.39 is 0 Å². The third-order valence-electron chi connectivity index (χ3n) is 11.1. The molecule has 5 heteroatoms. The molecule has 3 aromatic heterocycles. The van der Waals surface area contributed by atoms with E-state index in [4.69, 9.17) is 6.57 Å². The summed E-state index contributed by atoms with van der Waals surface area (Å²) < 4.78 is 6.93. The maximum Gasteiger partial charge on any atom is 0.195 e. The highest BCUT2D eigenvalue weighted by atomic mass is 15.1. The number of benzene rings is 8. The van der Waals surface area contributed by atoms with E-state index in [0.29, 0.717) is 11.3 Å². The number of hydrogen-bond acceptors (Lipinski definition) is 1. The Hall–Kier alpha value is -7.86. The van der Waals surface area contributed by atoms with Gasteiger partial charge in [-0.3, -0.25) is 0 Å². The molecule has 0 bridgehead atoms. The van der Waals surface area contributed by atoms with Crippen LogP contribution in [0.15, 0.2) is 176 Å². The number of para-hydroxylation sites is 6. The van der Waals surface area contributed by atoms with Crippen molar-refractivity contribution < 1.29 is 0 Å². The number of hydrogen-bond donors (Lipinski definition) is 0. The highest BCUT2D eigenvalue weighted by molar-refractivity contribution is 6.15. The first-order valence-electron chi connectivity index (χ1n) is 18.3. The SMILES string of the molecule is [C-]#[N+]c1ccc(-n2c3ccccc3c3cccc(-n4c5ccccc5c5ccccc54)c32)cc1-c1cccc(-n2c3ccccc3c3cccc(C#N)c32)c1. The number of nitrogens with zero attached hydrogens (tertiary/aromatic N) is 5. The van der Waals surface area contributed by atoms with Crippen LogP contribution in [-0.4, -0.2) is 13.7 Å². The second-order valence-corrected chi connectivity index (χ2v) is 13.9. The Morgan fingerprint density at radius 2 is 0.927 bits per heavy atom. The van der Waals surface area contributed by atoms with Crippen LogP contribution in [-0.2, 0) is 0 Å². The van der Waals surface area contributed by atoms with E-state index in [0.717, 1.165) is 82.8 Å². The summed E-state index contributed by atoms with van der Waals surface area (Å²) in [6.45, 7) is 8.26. The van der Waals surface area contributed by atoms with Crippen molar-refractivity contribution in [3.05, 3.63) is 193 Å². The molecule has 11 rings (SSSR count). The van der Waals surface area contributed by atoms with Gasteiger partial charge in [-0.2, -0.15) is 5.26 Å². The smallest absolute Gasteiger partial charge is 0.195 e. The van der Waals surface area contributed by atoms with Gasteiger partial charge in [0.05, 0.1) is 50.9 Å². The molecule has 0 aliphatic rings. The topological polar surface area (TPSA) is 42.9 Å². The Bertz CT molecular complexity index is 3420. The summed E-state index contributed by atoms with van der Waals surface area (Å²) in [6, 6.07) is 63.5. The summed E-state index contributed by atoms with van der Waals surface area (Å²) in [5, 5.41) is 17.1. The van der Waals surface area contributed by atoms with E-state index in [2.05, 4.69) is 164 Å². The third-order valence-corrected chi connectivity index (χ3v) is 11.1. The summed E-state index contributed by atoms with van der Waals surface area (Å²) >= 11 is 0. The standard InChI is InChI=1S/C50H29N5/c1-52-43-28-27-35(30-42(43)32-13-10-15-34(29-32)53-44-22-6-4-18-38(44)40-20-11-14-33(31-51)49(40)53)54-45-23-7-5-19-39(45)41-21-12-26-48(50(41)54)55-46-24-8-2-16-36(46)37-17-3-9-25-47(37)55/h2-30H. The molecule has 0 unspecified atom stereocenters. The first-order valence-corrected chi connectivity index (χ1v) is 18.3. The first-order chi connectivity index (χ1) is 27.2. The van der Waals surface area contributed by atoms with Crippen molar-refractivity contribution in [1.82, 2.24) is 13.7 Å². The molecular weight excluding hydrogens is 671 g/mol. The van der Waals surface area contributed by atoms with Gasteiger partial charge < -0.3 is 13.7 Å². The summed E-state index contributed by atoms with van der Waals surface area (Å²) in [5.74, 6) is 0. The normalized spacial score (nSPS) is 11.6. The maximum atomic E-state index is 10.2. The minimum atomic E-state index is 0.573. The van der Waals surface area contributed by atoms with E-state index in [-0.39, 0.29) is 0 Å². The van der Waals surface area contributed by atoms with Gasteiger partial charge in [0.1, 0.15) is 6.07 Å². The van der Waals surface area contributed by atoms with Crippen LogP contribution < -0.4 is 0 Å². The highest BCUT2D eigenvalue weighted by Crippen LogP contribution is 2.42. The molecule has 11 aromatic rings. The zero-order valence-corrected chi connectivity index (χ0v) is 29.5. The van der Waals surface area contributed by atoms with E-state index in [1.165, 1.54) is 10.8 Å². The van der Waals surface area contributed by atoms with Gasteiger partial charge in [-0.15, -0.1) is 0 Å². The summed E-state index contributed by atoms with van der Waals surface area (Å²) in [6.07, 6.45) is 0. The Kier molecular flexibility index (Phi) is 6.61. The largest absolute Gasteiger partial charge is 0.308 e. The molecule has 0 spiro atoms. The fourth-order valence-corrected chi connectivity index (χ4v) is 8.81. The average molecular weight is 700 g/mol. The Balaban J connectivity index is 1.18. The molecule has 0 saturated carbocycles. The van der Waals surface area contributed by atoms with Crippen LogP contribution in [0.25, 0.3) is 98.5 Å². The lowest BCUT2D eigenvalue weighted by Crippen LogP contribution is -2.01. The molecule has 5 nitrogen and oxygen atoms in total. The molecule has 0 fully saturated rings. The van der Waals surface area contributed by atoms with E-state index in [1.807, 2.05) is 36.4 Å². The van der Waals surface area contributed by atoms with Gasteiger partial charge in [0.2, 0.25) is 0 Å². The molecule has 0 radical (unpaired) electrons. The second kappa shape index (κ2) is 11.8. The molecule has 55 heavy (non-hydrogen) atoms. The molecule has 8 aromatic carbocycles. The van der Waals surface area contributed by atoms with Gasteiger partial charge in [0.15, 0.2) is 5.69 Å². The van der Waals surface area contributed by atoms with Crippen molar-refractivity contribution in [1.29, 1.82) is 5.26 Å². The van der Waals surface area contributed by atoms with Crippen LogP contribution in [0.2, 0.25) is 0 Å². The van der Waals surface area contributed by atoms with Crippen molar-refractivity contribution in [3.63, 3.8) is 0 Å². The van der Waals surface area contributed by atoms with Crippen LogP contribution in [0.4, 0.5) is 5.69 Å². The molecule has 254 valence electrons. The lowest BCUT2D eigenvalue weighted by atomic mass is 10.0. The molecule has 3 heterocycles. The van der Waals surface area contributed by atoms with Crippen LogP contribution in [0, 0.1) is 17.9 Å². The second-order valence-electron chi connectivity index (χ2n) is 13.9. The van der Waals surface area contributed by atoms with Crippen LogP contribution in [0.5, 0.6) is 0 Å². The van der Waals surface area contributed by atoms with Crippen molar-refractivity contribution in [2.75, 3.05) is 0 Å². The fraction of sp³-hybridized carbons (Fsp3) is 0. The van der Waals surface area contributed by atoms with Gasteiger partial charge in [-0.1, -0.05) is 115 Å². The van der Waals surface area contributed by atoms with Crippen LogP contribution >= 0.6 is 0 Å². The van der Waals surface area contributed by atoms with E-state index >= 15 is 0 Å². The summed E-state index contributed by atoms with van der Waals surface area (Å²) in [7, 11) is 0. The molecule has 0 saturated heterocycles. The number of aromatic nitrogens is 3. The third kappa shape index (κ3) is 4.39. The lowest BCUT2D eigenvalue weighted by molar-refractivity contribution is 1.13. The molecule has 0 amide bonds. The lowest BCUT2D eigenvalue weighted by Gasteiger charge is -2.16. The highest BCUT2D eigenvalue weighted by Gasteiger charge is 2.21. The van der Waals surface area contributed by atoms with Gasteiger partial charge >= 0.3 is 0 Å². The zero-order chi connectivity index (χ0) is 36.6. The van der Waals surface area contributed by atoms with Gasteiger partial charge in [-0.25, -0.2) is 4.85 Å². The Morgan fingerprint density at radius 1 is 0.436 bits per heavy atom. The minimum absolute atomic E-state index is 0.573. The monoisotopic (exact) mass is 699 g/mol. The van der Waals surface area contributed by atoms with E-state index in [9.17, 15) is 5.26 Å². The quantitative estimate of drug-likeness (QED) is 0.169. The minimum Gasteiger partial charge on any atom is -0.308 e. The summed E-state index contributed by atoms with van der Waals surface area (Å²) in [5.41, 5.74) is 12.3. The van der Waals surface area contributed by atoms with Crippen LogP contribution in [0.1, 0.15) is 5.56 Å². The number of nitriles is 1. The Labute approximate surface area is 316 Å². The van der Waals surface area contributed by atoms with Crippen molar-refractivity contribution in [2.24, 2.45) is 0 Å². The molecule has 0 N–H and O–H groups in total. The molecular formula is C50H29N5. The zero-order valence-electron chi connectivity index (χ0n) is 29.5. The van der Waals surface area contributed by atoms with Gasteiger partial charge in [-0.05, 0) is 71.8 Å². The molecule has 0 aliphatic carbocycles. The average Bonchev–Trinajstić information content (AvgIpc) is 3.90. The molecule has 0 aliphatic heterocycles. The van der Waals surface area contributed by atoms with Gasteiger partial charge in [0.25, 0.3) is 0 Å². The predicted octanol–water partition coefficient (Wildman–Crippen LogP) is 13.1.